The van der Waals surface area contributed by atoms with Gasteiger partial charge in [0.2, 0.25) is 5.91 Å². The zero-order chi connectivity index (χ0) is 26.7. The summed E-state index contributed by atoms with van der Waals surface area (Å²) in [6, 6.07) is 13.3. The Balaban J connectivity index is 1.43. The standard InChI is InChI=1S/C24H17ClN4O6S2/c1-12-2-3-13(8-18(12)25)26-21(30)11-36-24-28-19-7-4-14(9-20(19)37-24)27-22(31)16-6-5-15(29(34)35)10-17(16)23(32)33/h2-10H,11H2,1H3,(H,26,30)(H,27,31)(H,32,33). The van der Waals surface area contributed by atoms with Crippen LogP contribution >= 0.6 is 34.7 Å². The third-order valence-electron chi connectivity index (χ3n) is 5.10. The van der Waals surface area contributed by atoms with Crippen molar-refractivity contribution in [1.82, 2.24) is 4.98 Å². The summed E-state index contributed by atoms with van der Waals surface area (Å²) < 4.78 is 1.40. The summed E-state index contributed by atoms with van der Waals surface area (Å²) >= 11 is 8.68. The van der Waals surface area contributed by atoms with Crippen molar-refractivity contribution in [2.45, 2.75) is 11.3 Å². The number of halogens is 1. The number of aryl methyl sites for hydroxylation is 1. The minimum Gasteiger partial charge on any atom is -0.478 e. The number of aromatic nitrogens is 1. The minimum absolute atomic E-state index is 0.132. The predicted molar refractivity (Wildman–Crippen MR) is 143 cm³/mol. The fraction of sp³-hybridized carbons (Fsp3) is 0.0833. The summed E-state index contributed by atoms with van der Waals surface area (Å²) in [7, 11) is 0. The highest BCUT2D eigenvalue weighted by Crippen LogP contribution is 2.32. The number of nitrogens with one attached hydrogen (secondary N) is 2. The smallest absolute Gasteiger partial charge is 0.336 e. The van der Waals surface area contributed by atoms with Crippen LogP contribution in [-0.4, -0.2) is 38.6 Å². The lowest BCUT2D eigenvalue weighted by molar-refractivity contribution is -0.384. The highest BCUT2D eigenvalue weighted by molar-refractivity contribution is 8.01. The van der Waals surface area contributed by atoms with Gasteiger partial charge in [-0.2, -0.15) is 0 Å². The average Bonchev–Trinajstić information content (AvgIpc) is 3.27. The molecule has 0 atom stereocenters. The Hall–Kier alpha value is -4.00. The molecular weight excluding hydrogens is 540 g/mol. The van der Waals surface area contributed by atoms with E-state index in [0.29, 0.717) is 26.3 Å². The van der Waals surface area contributed by atoms with Crippen LogP contribution in [0.25, 0.3) is 10.2 Å². The van der Waals surface area contributed by atoms with Gasteiger partial charge in [-0.1, -0.05) is 29.4 Å². The average molecular weight is 557 g/mol. The Labute approximate surface area is 222 Å². The van der Waals surface area contributed by atoms with Crippen molar-refractivity contribution in [2.75, 3.05) is 16.4 Å². The number of amides is 2. The van der Waals surface area contributed by atoms with Gasteiger partial charge in [0.25, 0.3) is 11.6 Å². The van der Waals surface area contributed by atoms with E-state index in [4.69, 9.17) is 11.6 Å². The van der Waals surface area contributed by atoms with Crippen molar-refractivity contribution in [2.24, 2.45) is 0 Å². The lowest BCUT2D eigenvalue weighted by Crippen LogP contribution is -2.16. The number of benzene rings is 3. The molecule has 0 bridgehead atoms. The van der Waals surface area contributed by atoms with Gasteiger partial charge < -0.3 is 15.7 Å². The maximum Gasteiger partial charge on any atom is 0.336 e. The van der Waals surface area contributed by atoms with E-state index >= 15 is 0 Å². The second-order valence-corrected chi connectivity index (χ2v) is 10.4. The molecule has 2 amide bonds. The van der Waals surface area contributed by atoms with E-state index in [2.05, 4.69) is 15.6 Å². The molecule has 1 aromatic heterocycles. The number of hydrogen-bond acceptors (Lipinski definition) is 8. The van der Waals surface area contributed by atoms with Crippen LogP contribution in [0.5, 0.6) is 0 Å². The topological polar surface area (TPSA) is 152 Å². The van der Waals surface area contributed by atoms with Crippen LogP contribution in [0, 0.1) is 17.0 Å². The van der Waals surface area contributed by atoms with Crippen molar-refractivity contribution < 1.29 is 24.4 Å². The number of carbonyl (C=O) groups excluding carboxylic acids is 2. The number of non-ortho nitro benzene ring substituents is 1. The molecule has 3 aromatic carbocycles. The van der Waals surface area contributed by atoms with Crippen LogP contribution in [0.2, 0.25) is 5.02 Å². The van der Waals surface area contributed by atoms with E-state index in [-0.39, 0.29) is 17.2 Å². The van der Waals surface area contributed by atoms with Gasteiger partial charge in [0.1, 0.15) is 0 Å². The number of thiazole rings is 1. The van der Waals surface area contributed by atoms with Crippen LogP contribution in [0.15, 0.2) is 58.9 Å². The van der Waals surface area contributed by atoms with Crippen molar-refractivity contribution in [3.8, 4) is 0 Å². The molecule has 10 nitrogen and oxygen atoms in total. The maximum atomic E-state index is 12.7. The highest BCUT2D eigenvalue weighted by Gasteiger charge is 2.21. The molecule has 1 heterocycles. The number of anilines is 2. The van der Waals surface area contributed by atoms with E-state index in [1.165, 1.54) is 23.1 Å². The molecule has 4 rings (SSSR count). The van der Waals surface area contributed by atoms with E-state index in [9.17, 15) is 29.6 Å². The fourth-order valence-electron chi connectivity index (χ4n) is 3.26. The second kappa shape index (κ2) is 10.9. The van der Waals surface area contributed by atoms with Gasteiger partial charge in [-0.15, -0.1) is 11.3 Å². The zero-order valence-corrected chi connectivity index (χ0v) is 21.4. The molecule has 0 aliphatic heterocycles. The van der Waals surface area contributed by atoms with Gasteiger partial charge in [0.05, 0.1) is 32.0 Å². The number of nitrogens with zero attached hydrogens (tertiary/aromatic N) is 2. The minimum atomic E-state index is -1.46. The first-order valence-electron chi connectivity index (χ1n) is 10.5. The second-order valence-electron chi connectivity index (χ2n) is 7.71. The summed E-state index contributed by atoms with van der Waals surface area (Å²) in [5.74, 6) is -2.26. The Morgan fingerprint density at radius 2 is 1.78 bits per heavy atom. The zero-order valence-electron chi connectivity index (χ0n) is 19.0. The van der Waals surface area contributed by atoms with Crippen LogP contribution in [0.4, 0.5) is 17.1 Å². The molecule has 37 heavy (non-hydrogen) atoms. The monoisotopic (exact) mass is 556 g/mol. The van der Waals surface area contributed by atoms with Crippen LogP contribution in [-0.2, 0) is 4.79 Å². The summed E-state index contributed by atoms with van der Waals surface area (Å²) in [6.45, 7) is 1.87. The molecule has 0 spiro atoms. The molecule has 0 saturated heterocycles. The van der Waals surface area contributed by atoms with E-state index in [1.807, 2.05) is 13.0 Å². The number of rotatable bonds is 8. The first kappa shape index (κ1) is 26.1. The number of nitro benzene ring substituents is 1. The molecule has 0 aliphatic rings. The number of nitro groups is 1. The van der Waals surface area contributed by atoms with Crippen molar-refractivity contribution in [3.05, 3.63) is 86.4 Å². The molecule has 0 unspecified atom stereocenters. The van der Waals surface area contributed by atoms with Gasteiger partial charge >= 0.3 is 5.97 Å². The number of hydrogen-bond donors (Lipinski definition) is 3. The third kappa shape index (κ3) is 6.23. The first-order valence-corrected chi connectivity index (χ1v) is 12.7. The highest BCUT2D eigenvalue weighted by atomic mass is 35.5. The van der Waals surface area contributed by atoms with Gasteiger partial charge in [0.15, 0.2) is 4.34 Å². The number of thioether (sulfide) groups is 1. The summed E-state index contributed by atoms with van der Waals surface area (Å²) in [5, 5.41) is 26.3. The Bertz CT molecular complexity index is 1570. The van der Waals surface area contributed by atoms with Gasteiger partial charge in [-0.25, -0.2) is 9.78 Å². The summed E-state index contributed by atoms with van der Waals surface area (Å²) in [6.07, 6.45) is 0. The molecule has 0 fully saturated rings. The molecular formula is C24H17ClN4O6S2. The van der Waals surface area contributed by atoms with Gasteiger partial charge in [-0.3, -0.25) is 19.7 Å². The SMILES string of the molecule is Cc1ccc(NC(=O)CSc2nc3ccc(NC(=O)c4ccc([N+](=O)[O-])cc4C(=O)O)cc3s2)cc1Cl. The Morgan fingerprint density at radius 1 is 1.05 bits per heavy atom. The molecule has 13 heteroatoms. The summed E-state index contributed by atoms with van der Waals surface area (Å²) in [4.78, 5) is 51.3. The number of carboxylic acids is 1. The molecule has 0 aliphatic carbocycles. The Morgan fingerprint density at radius 3 is 2.49 bits per heavy atom. The van der Waals surface area contributed by atoms with Crippen molar-refractivity contribution in [3.63, 3.8) is 0 Å². The van der Waals surface area contributed by atoms with Crippen LogP contribution in [0.3, 0.4) is 0 Å². The molecule has 188 valence electrons. The maximum absolute atomic E-state index is 12.7. The van der Waals surface area contributed by atoms with Crippen LogP contribution in [0.1, 0.15) is 26.3 Å². The van der Waals surface area contributed by atoms with Gasteiger partial charge in [0, 0.05) is 28.5 Å². The Kier molecular flexibility index (Phi) is 7.71. The van der Waals surface area contributed by atoms with E-state index in [0.717, 1.165) is 28.5 Å². The van der Waals surface area contributed by atoms with Crippen LogP contribution < -0.4 is 10.6 Å². The number of carboxylic acid groups (broad SMARTS) is 1. The largest absolute Gasteiger partial charge is 0.478 e. The third-order valence-corrected chi connectivity index (χ3v) is 7.67. The number of carbonyl (C=O) groups is 3. The lowest BCUT2D eigenvalue weighted by Gasteiger charge is -2.08. The van der Waals surface area contributed by atoms with E-state index < -0.39 is 28.1 Å². The van der Waals surface area contributed by atoms with Gasteiger partial charge in [-0.05, 0) is 48.9 Å². The molecule has 0 saturated carbocycles. The molecule has 3 N–H and O–H groups in total. The summed E-state index contributed by atoms with van der Waals surface area (Å²) in [5.41, 5.74) is 1.45. The first-order chi connectivity index (χ1) is 17.6. The molecule has 4 aromatic rings. The predicted octanol–water partition coefficient (Wildman–Crippen LogP) is 5.85. The van der Waals surface area contributed by atoms with Crippen molar-refractivity contribution >= 4 is 79.8 Å². The van der Waals surface area contributed by atoms with E-state index in [1.54, 1.807) is 30.3 Å². The number of aromatic carboxylic acids is 1. The lowest BCUT2D eigenvalue weighted by atomic mass is 10.1. The normalized spacial score (nSPS) is 10.8. The molecule has 0 radical (unpaired) electrons. The quantitative estimate of drug-likeness (QED) is 0.139. The van der Waals surface area contributed by atoms with Crippen molar-refractivity contribution in [1.29, 1.82) is 0 Å². The number of fused-ring (bicyclic) bond motifs is 1. The fourth-order valence-corrected chi connectivity index (χ4v) is 5.35.